The zero-order valence-corrected chi connectivity index (χ0v) is 14.7. The van der Waals surface area contributed by atoms with Crippen molar-refractivity contribution in [1.29, 1.82) is 0 Å². The fourth-order valence-corrected chi connectivity index (χ4v) is 1.88. The van der Waals surface area contributed by atoms with Gasteiger partial charge in [-0.15, -0.1) is 0 Å². The first kappa shape index (κ1) is 20.2. The lowest BCUT2D eigenvalue weighted by atomic mass is 10.1. The molecule has 0 aromatic heterocycles. The van der Waals surface area contributed by atoms with Crippen LogP contribution in [0.15, 0.2) is 30.3 Å². The summed E-state index contributed by atoms with van der Waals surface area (Å²) in [5, 5.41) is 13.6. The molecule has 0 bridgehead atoms. The van der Waals surface area contributed by atoms with Gasteiger partial charge in [-0.25, -0.2) is 4.79 Å². The van der Waals surface area contributed by atoms with E-state index in [1.54, 1.807) is 51.1 Å². The summed E-state index contributed by atoms with van der Waals surface area (Å²) in [4.78, 5) is 34.0. The van der Waals surface area contributed by atoms with Gasteiger partial charge in [0.15, 0.2) is 0 Å². The van der Waals surface area contributed by atoms with E-state index in [2.05, 4.69) is 10.6 Å². The van der Waals surface area contributed by atoms with Crippen LogP contribution in [0.2, 0.25) is 0 Å². The van der Waals surface area contributed by atoms with E-state index < -0.39 is 30.1 Å². The van der Waals surface area contributed by atoms with Crippen LogP contribution in [0.3, 0.4) is 0 Å². The molecular formula is C18H24N2O5. The second-order valence-electron chi connectivity index (χ2n) is 6.28. The van der Waals surface area contributed by atoms with Crippen molar-refractivity contribution in [3.63, 3.8) is 0 Å². The van der Waals surface area contributed by atoms with Crippen molar-refractivity contribution in [3.8, 4) is 0 Å². The molecule has 0 radical (unpaired) electrons. The first-order valence-corrected chi connectivity index (χ1v) is 7.91. The Morgan fingerprint density at radius 2 is 1.84 bits per heavy atom. The number of carboxylic acids is 1. The van der Waals surface area contributed by atoms with Gasteiger partial charge in [-0.2, -0.15) is 0 Å². The summed E-state index contributed by atoms with van der Waals surface area (Å²) in [6.45, 7) is 5.34. The smallest absolute Gasteiger partial charge is 0.407 e. The molecule has 2 amide bonds. The van der Waals surface area contributed by atoms with Gasteiger partial charge in [-0.05, 0) is 38.8 Å². The van der Waals surface area contributed by atoms with E-state index in [1.165, 1.54) is 0 Å². The van der Waals surface area contributed by atoms with Gasteiger partial charge in [0.05, 0.1) is 0 Å². The number of ether oxygens (including phenoxy) is 1. The SMILES string of the molecule is CC(C)(C)OC(=O)NCCC=Cc1ccccc1C(=O)NCC(=O)O. The number of rotatable bonds is 7. The molecule has 0 aliphatic rings. The lowest BCUT2D eigenvalue weighted by Gasteiger charge is -2.19. The Bertz CT molecular complexity index is 647. The minimum Gasteiger partial charge on any atom is -0.480 e. The summed E-state index contributed by atoms with van der Waals surface area (Å²) in [6, 6.07) is 6.87. The molecule has 7 nitrogen and oxygen atoms in total. The zero-order valence-electron chi connectivity index (χ0n) is 14.7. The largest absolute Gasteiger partial charge is 0.480 e. The molecule has 7 heteroatoms. The highest BCUT2D eigenvalue weighted by molar-refractivity contribution is 5.98. The Balaban J connectivity index is 2.54. The van der Waals surface area contributed by atoms with E-state index in [1.807, 2.05) is 6.08 Å². The first-order valence-electron chi connectivity index (χ1n) is 7.91. The van der Waals surface area contributed by atoms with Gasteiger partial charge < -0.3 is 20.5 Å². The summed E-state index contributed by atoms with van der Waals surface area (Å²) in [6.07, 6.45) is 3.66. The number of nitrogens with one attached hydrogen (secondary N) is 2. The van der Waals surface area contributed by atoms with Gasteiger partial charge in [0, 0.05) is 12.1 Å². The van der Waals surface area contributed by atoms with Crippen LogP contribution in [0.25, 0.3) is 6.08 Å². The quantitative estimate of drug-likeness (QED) is 0.657. The number of hydrogen-bond donors (Lipinski definition) is 3. The fourth-order valence-electron chi connectivity index (χ4n) is 1.88. The van der Waals surface area contributed by atoms with E-state index in [0.29, 0.717) is 24.1 Å². The van der Waals surface area contributed by atoms with E-state index in [0.717, 1.165) is 0 Å². The van der Waals surface area contributed by atoms with E-state index in [9.17, 15) is 14.4 Å². The molecule has 1 rings (SSSR count). The highest BCUT2D eigenvalue weighted by Gasteiger charge is 2.15. The average molecular weight is 348 g/mol. The third kappa shape index (κ3) is 8.55. The molecule has 0 atom stereocenters. The summed E-state index contributed by atoms with van der Waals surface area (Å²) >= 11 is 0. The number of alkyl carbamates (subject to hydrolysis) is 1. The van der Waals surface area contributed by atoms with Crippen molar-refractivity contribution in [1.82, 2.24) is 10.6 Å². The van der Waals surface area contributed by atoms with Crippen molar-refractivity contribution in [2.24, 2.45) is 0 Å². The van der Waals surface area contributed by atoms with Crippen LogP contribution in [0.1, 0.15) is 43.1 Å². The topological polar surface area (TPSA) is 105 Å². The number of aliphatic carboxylic acids is 1. The molecule has 0 aliphatic heterocycles. The average Bonchev–Trinajstić information content (AvgIpc) is 2.51. The molecule has 3 N–H and O–H groups in total. The molecular weight excluding hydrogens is 324 g/mol. The second-order valence-corrected chi connectivity index (χ2v) is 6.28. The van der Waals surface area contributed by atoms with Gasteiger partial charge in [0.25, 0.3) is 5.91 Å². The Morgan fingerprint density at radius 3 is 2.48 bits per heavy atom. The third-order valence-electron chi connectivity index (χ3n) is 2.88. The molecule has 0 unspecified atom stereocenters. The lowest BCUT2D eigenvalue weighted by molar-refractivity contribution is -0.135. The number of benzene rings is 1. The van der Waals surface area contributed by atoms with Gasteiger partial charge >= 0.3 is 12.1 Å². The number of hydrogen-bond acceptors (Lipinski definition) is 4. The predicted octanol–water partition coefficient (Wildman–Crippen LogP) is 2.43. The summed E-state index contributed by atoms with van der Waals surface area (Å²) in [5.74, 6) is -1.55. The number of carbonyl (C=O) groups excluding carboxylic acids is 2. The Kier molecular flexibility index (Phi) is 7.65. The molecule has 0 saturated carbocycles. The van der Waals surface area contributed by atoms with Gasteiger partial charge in [0.1, 0.15) is 12.1 Å². The van der Waals surface area contributed by atoms with E-state index >= 15 is 0 Å². The van der Waals surface area contributed by atoms with Crippen molar-refractivity contribution in [2.75, 3.05) is 13.1 Å². The van der Waals surface area contributed by atoms with Crippen LogP contribution >= 0.6 is 0 Å². The standard InChI is InChI=1S/C18H24N2O5/c1-18(2,3)25-17(24)19-11-7-6-9-13-8-4-5-10-14(13)16(23)20-12-15(21)22/h4-6,8-10H,7,11-12H2,1-3H3,(H,19,24)(H,20,23)(H,21,22). The van der Waals surface area contributed by atoms with Crippen LogP contribution in [0, 0.1) is 0 Å². The molecule has 25 heavy (non-hydrogen) atoms. The van der Waals surface area contributed by atoms with Crippen LogP contribution < -0.4 is 10.6 Å². The first-order chi connectivity index (χ1) is 11.7. The Morgan fingerprint density at radius 1 is 1.16 bits per heavy atom. The summed E-state index contributed by atoms with van der Waals surface area (Å²) in [5.41, 5.74) is 0.519. The summed E-state index contributed by atoms with van der Waals surface area (Å²) < 4.78 is 5.12. The van der Waals surface area contributed by atoms with E-state index in [4.69, 9.17) is 9.84 Å². The molecule has 0 saturated heterocycles. The summed E-state index contributed by atoms with van der Waals surface area (Å²) in [7, 11) is 0. The molecule has 0 fully saturated rings. The monoisotopic (exact) mass is 348 g/mol. The Labute approximate surface area is 147 Å². The predicted molar refractivity (Wildman–Crippen MR) is 94.3 cm³/mol. The fraction of sp³-hybridized carbons (Fsp3) is 0.389. The second kappa shape index (κ2) is 9.46. The minimum atomic E-state index is -1.10. The highest BCUT2D eigenvalue weighted by atomic mass is 16.6. The van der Waals surface area contributed by atoms with Crippen molar-refractivity contribution in [2.45, 2.75) is 32.8 Å². The molecule has 0 heterocycles. The zero-order chi connectivity index (χ0) is 18.9. The molecule has 136 valence electrons. The number of amides is 2. The number of carboxylic acid groups (broad SMARTS) is 1. The van der Waals surface area contributed by atoms with Crippen molar-refractivity contribution in [3.05, 3.63) is 41.5 Å². The van der Waals surface area contributed by atoms with Crippen LogP contribution in [0.4, 0.5) is 4.79 Å². The maximum Gasteiger partial charge on any atom is 0.407 e. The Hall–Kier alpha value is -2.83. The van der Waals surface area contributed by atoms with Crippen LogP contribution in [0.5, 0.6) is 0 Å². The highest BCUT2D eigenvalue weighted by Crippen LogP contribution is 2.11. The van der Waals surface area contributed by atoms with Gasteiger partial charge in [-0.1, -0.05) is 30.4 Å². The van der Waals surface area contributed by atoms with Crippen LogP contribution in [-0.2, 0) is 9.53 Å². The minimum absolute atomic E-state index is 0.389. The maximum atomic E-state index is 12.0. The van der Waals surface area contributed by atoms with Crippen molar-refractivity contribution >= 4 is 24.0 Å². The van der Waals surface area contributed by atoms with E-state index in [-0.39, 0.29) is 0 Å². The van der Waals surface area contributed by atoms with Gasteiger partial charge in [-0.3, -0.25) is 9.59 Å². The van der Waals surface area contributed by atoms with Crippen molar-refractivity contribution < 1.29 is 24.2 Å². The molecule has 1 aromatic rings. The normalized spacial score (nSPS) is 11.2. The van der Waals surface area contributed by atoms with Crippen LogP contribution in [-0.4, -0.2) is 41.8 Å². The third-order valence-corrected chi connectivity index (χ3v) is 2.88. The number of carbonyl (C=O) groups is 3. The molecule has 0 spiro atoms. The maximum absolute atomic E-state index is 12.0. The lowest BCUT2D eigenvalue weighted by Crippen LogP contribution is -2.32. The molecule has 1 aromatic carbocycles. The molecule has 0 aliphatic carbocycles. The van der Waals surface area contributed by atoms with Gasteiger partial charge in [0.2, 0.25) is 0 Å².